The number of rotatable bonds is 4. The molecule has 6 fully saturated rings. The van der Waals surface area contributed by atoms with Gasteiger partial charge < -0.3 is 29.9 Å². The molecule has 2 atom stereocenters. The largest absolute Gasteiger partial charge is 0.457 e. The number of carbonyl (C=O) groups excluding carboxylic acids is 2. The lowest BCUT2D eigenvalue weighted by Gasteiger charge is -2.48. The molecule has 8 nitrogen and oxygen atoms in total. The van der Waals surface area contributed by atoms with Crippen LogP contribution in [0.15, 0.2) is 97.1 Å². The Labute approximate surface area is 300 Å². The number of aliphatic hydroxyl groups is 1. The number of hydrogen-bond acceptors (Lipinski definition) is 6. The van der Waals surface area contributed by atoms with Gasteiger partial charge in [0.15, 0.2) is 5.60 Å². The summed E-state index contributed by atoms with van der Waals surface area (Å²) in [4.78, 5) is 33.8. The second-order valence-electron chi connectivity index (χ2n) is 15.3. The van der Waals surface area contributed by atoms with Crippen molar-refractivity contribution in [1.29, 1.82) is 0 Å². The maximum absolute atomic E-state index is 13.7. The van der Waals surface area contributed by atoms with E-state index in [-0.39, 0.29) is 23.8 Å². The fourth-order valence-electron chi connectivity index (χ4n) is 9.77. The molecule has 7 aliphatic heterocycles. The highest BCUT2D eigenvalue weighted by Crippen LogP contribution is 2.48. The third-order valence-corrected chi connectivity index (χ3v) is 12.6. The Bertz CT molecular complexity index is 1870. The second kappa shape index (κ2) is 12.9. The van der Waals surface area contributed by atoms with E-state index in [4.69, 9.17) is 4.74 Å². The molecule has 51 heavy (non-hydrogen) atoms. The average molecular weight is 683 g/mol. The molecular formula is C43H46N4O4. The van der Waals surface area contributed by atoms with Gasteiger partial charge in [-0.25, -0.2) is 0 Å². The first kappa shape index (κ1) is 32.4. The van der Waals surface area contributed by atoms with Crippen molar-refractivity contribution in [3.05, 3.63) is 119 Å². The zero-order chi connectivity index (χ0) is 34.7. The van der Waals surface area contributed by atoms with Crippen molar-refractivity contribution in [1.82, 2.24) is 20.0 Å². The number of likely N-dealkylation sites (N-methyl/N-ethyl adjacent to an activating group) is 1. The molecule has 0 radical (unpaired) electrons. The van der Waals surface area contributed by atoms with Crippen LogP contribution >= 0.6 is 0 Å². The number of para-hydroxylation sites is 2. The zero-order valence-electron chi connectivity index (χ0n) is 29.2. The Morgan fingerprint density at radius 1 is 0.706 bits per heavy atom. The van der Waals surface area contributed by atoms with Gasteiger partial charge in [0.1, 0.15) is 11.5 Å². The fraction of sp³-hybridized carbons (Fsp3) is 0.395. The van der Waals surface area contributed by atoms with Crippen molar-refractivity contribution in [2.45, 2.75) is 49.3 Å². The summed E-state index contributed by atoms with van der Waals surface area (Å²) in [5.74, 6) is 2.38. The highest BCUT2D eigenvalue weighted by Gasteiger charge is 2.49. The standard InChI is InChI=1S/C22H24N2O2.C21H22N2O2/c1-23(18-14-24-12-10-15(18)11-13-24)22(25)21-16-6-2-4-8-19(16)26-20-9-5-3-7-17(20)21;24-20(22-19-13-23-11-9-14(19)10-12-23)21(25)17-7-3-1-5-15(17)16-6-2-4-8-18(16)21/h2-9,15,18,21H,10-14H2,1H3;1-8,14,19,25H,9-13H2,(H,22,24). The molecular weight excluding hydrogens is 636 g/mol. The van der Waals surface area contributed by atoms with Crippen LogP contribution in [0.3, 0.4) is 0 Å². The van der Waals surface area contributed by atoms with Crippen LogP contribution in [0.4, 0.5) is 0 Å². The van der Waals surface area contributed by atoms with Crippen molar-refractivity contribution in [3.63, 3.8) is 0 Å². The molecule has 7 heterocycles. The average Bonchev–Trinajstić information content (AvgIpc) is 3.46. The van der Waals surface area contributed by atoms with Crippen LogP contribution in [0, 0.1) is 11.8 Å². The molecule has 4 aromatic carbocycles. The van der Waals surface area contributed by atoms with Gasteiger partial charge in [0, 0.05) is 54.5 Å². The third kappa shape index (κ3) is 5.47. The van der Waals surface area contributed by atoms with E-state index in [9.17, 15) is 14.7 Å². The number of nitrogens with one attached hydrogen (secondary N) is 1. The summed E-state index contributed by atoms with van der Waals surface area (Å²) in [5.41, 5.74) is 3.63. The molecule has 4 bridgehead atoms. The third-order valence-electron chi connectivity index (χ3n) is 12.6. The first-order valence-electron chi connectivity index (χ1n) is 18.7. The number of fused-ring (bicyclic) bond motifs is 11. The van der Waals surface area contributed by atoms with Gasteiger partial charge in [0.25, 0.3) is 5.91 Å². The normalized spacial score (nSPS) is 27.4. The molecule has 1 aliphatic carbocycles. The predicted octanol–water partition coefficient (Wildman–Crippen LogP) is 5.59. The van der Waals surface area contributed by atoms with Crippen LogP contribution in [-0.4, -0.2) is 90.0 Å². The molecule has 0 saturated carbocycles. The summed E-state index contributed by atoms with van der Waals surface area (Å²) in [7, 11) is 2.00. The number of piperidine rings is 6. The van der Waals surface area contributed by atoms with Crippen LogP contribution in [0.1, 0.15) is 53.9 Å². The first-order valence-corrected chi connectivity index (χ1v) is 18.7. The quantitative estimate of drug-likeness (QED) is 0.292. The van der Waals surface area contributed by atoms with Gasteiger partial charge in [-0.05, 0) is 87.0 Å². The molecule has 8 aliphatic rings. The monoisotopic (exact) mass is 682 g/mol. The van der Waals surface area contributed by atoms with Gasteiger partial charge >= 0.3 is 0 Å². The minimum Gasteiger partial charge on any atom is -0.457 e. The topological polar surface area (TPSA) is 85.4 Å². The van der Waals surface area contributed by atoms with Gasteiger partial charge in [0.2, 0.25) is 5.91 Å². The lowest BCUT2D eigenvalue weighted by molar-refractivity contribution is -0.138. The summed E-state index contributed by atoms with van der Waals surface area (Å²) >= 11 is 0. The van der Waals surface area contributed by atoms with Crippen molar-refractivity contribution in [2.24, 2.45) is 11.8 Å². The lowest BCUT2D eigenvalue weighted by atomic mass is 9.81. The fourth-order valence-corrected chi connectivity index (χ4v) is 9.77. The second-order valence-corrected chi connectivity index (χ2v) is 15.3. The van der Waals surface area contributed by atoms with Gasteiger partial charge in [-0.2, -0.15) is 0 Å². The minimum atomic E-state index is -1.60. The lowest BCUT2D eigenvalue weighted by Crippen LogP contribution is -2.60. The van der Waals surface area contributed by atoms with E-state index in [1.807, 2.05) is 109 Å². The van der Waals surface area contributed by atoms with Crippen molar-refractivity contribution in [3.8, 4) is 22.6 Å². The number of nitrogens with zero attached hydrogens (tertiary/aromatic N) is 3. The van der Waals surface area contributed by atoms with Crippen molar-refractivity contribution >= 4 is 11.8 Å². The number of benzene rings is 4. The van der Waals surface area contributed by atoms with Crippen LogP contribution < -0.4 is 10.1 Å². The van der Waals surface area contributed by atoms with E-state index in [0.717, 1.165) is 72.8 Å². The highest BCUT2D eigenvalue weighted by atomic mass is 16.5. The molecule has 8 heteroatoms. The van der Waals surface area contributed by atoms with Gasteiger partial charge in [-0.1, -0.05) is 84.9 Å². The molecule has 2 amide bonds. The Kier molecular flexibility index (Phi) is 8.21. The summed E-state index contributed by atoms with van der Waals surface area (Å²) in [6, 6.07) is 31.7. The maximum Gasteiger partial charge on any atom is 0.261 e. The Morgan fingerprint density at radius 2 is 1.20 bits per heavy atom. The van der Waals surface area contributed by atoms with E-state index in [2.05, 4.69) is 15.1 Å². The number of carbonyl (C=O) groups is 2. The van der Waals surface area contributed by atoms with E-state index < -0.39 is 5.60 Å². The highest BCUT2D eigenvalue weighted by molar-refractivity contribution is 5.99. The summed E-state index contributed by atoms with van der Waals surface area (Å²) in [6.45, 7) is 6.55. The SMILES string of the molecule is CN(C(=O)C1c2ccccc2Oc2ccccc21)C1CN2CCC1CC2.O=C(NC1CN2CCC1CC2)C1(O)c2ccccc2-c2ccccc21. The van der Waals surface area contributed by atoms with Gasteiger partial charge in [-0.15, -0.1) is 0 Å². The van der Waals surface area contributed by atoms with Crippen molar-refractivity contribution < 1.29 is 19.4 Å². The first-order chi connectivity index (χ1) is 24.9. The molecule has 2 N–H and O–H groups in total. The summed E-state index contributed by atoms with van der Waals surface area (Å²) in [6.07, 6.45) is 4.69. The molecule has 0 aromatic heterocycles. The minimum absolute atomic E-state index is 0.138. The predicted molar refractivity (Wildman–Crippen MR) is 196 cm³/mol. The Hall–Kier alpha value is -4.50. The summed E-state index contributed by atoms with van der Waals surface area (Å²) in [5, 5.41) is 14.7. The van der Waals surface area contributed by atoms with Crippen LogP contribution in [-0.2, 0) is 15.2 Å². The molecule has 262 valence electrons. The molecule has 12 rings (SSSR count). The van der Waals surface area contributed by atoms with E-state index in [0.29, 0.717) is 29.0 Å². The maximum atomic E-state index is 13.7. The number of hydrogen-bond donors (Lipinski definition) is 2. The van der Waals surface area contributed by atoms with Crippen LogP contribution in [0.2, 0.25) is 0 Å². The molecule has 6 saturated heterocycles. The van der Waals surface area contributed by atoms with Crippen LogP contribution in [0.25, 0.3) is 11.1 Å². The van der Waals surface area contributed by atoms with E-state index in [1.54, 1.807) is 0 Å². The van der Waals surface area contributed by atoms with E-state index in [1.165, 1.54) is 25.9 Å². The van der Waals surface area contributed by atoms with Gasteiger partial charge in [0.05, 0.1) is 5.92 Å². The van der Waals surface area contributed by atoms with E-state index >= 15 is 0 Å². The molecule has 0 spiro atoms. The van der Waals surface area contributed by atoms with Crippen molar-refractivity contribution in [2.75, 3.05) is 46.3 Å². The van der Waals surface area contributed by atoms with Crippen LogP contribution in [0.5, 0.6) is 11.5 Å². The zero-order valence-corrected chi connectivity index (χ0v) is 29.2. The smallest absolute Gasteiger partial charge is 0.261 e. The van der Waals surface area contributed by atoms with Gasteiger partial charge in [-0.3, -0.25) is 9.59 Å². The Balaban J connectivity index is 0.000000137. The summed E-state index contributed by atoms with van der Waals surface area (Å²) < 4.78 is 6.05. The number of amides is 2. The Morgan fingerprint density at radius 3 is 1.71 bits per heavy atom. The number of ether oxygens (including phenoxy) is 1. The molecule has 4 aromatic rings. The molecule has 2 unspecified atom stereocenters.